The molecule has 4 fully saturated rings. The van der Waals surface area contributed by atoms with Gasteiger partial charge in [0.15, 0.2) is 0 Å². The topological polar surface area (TPSA) is 0 Å². The molecular weight excluding hydrogens is 1290 g/mol. The fourth-order valence-corrected chi connectivity index (χ4v) is 17.3. The zero-order chi connectivity index (χ0) is 63.8. The molecule has 4 saturated carbocycles. The summed E-state index contributed by atoms with van der Waals surface area (Å²) in [4.78, 5) is 0. The molecule has 12 rings (SSSR count). The molecule has 0 spiro atoms. The summed E-state index contributed by atoms with van der Waals surface area (Å²) in [7, 11) is 0. The van der Waals surface area contributed by atoms with Crippen molar-refractivity contribution in [1.29, 1.82) is 0 Å². The van der Waals surface area contributed by atoms with Gasteiger partial charge in [-0.1, -0.05) is 153 Å². The van der Waals surface area contributed by atoms with Crippen molar-refractivity contribution in [2.45, 2.75) is 287 Å². The van der Waals surface area contributed by atoms with Crippen LogP contribution in [0.15, 0.2) is 97.1 Å². The smallest absolute Gasteiger partial charge is 0.109 e. The number of hydrogen-bond acceptors (Lipinski definition) is 0. The van der Waals surface area contributed by atoms with E-state index in [0.717, 1.165) is 73.0 Å². The van der Waals surface area contributed by atoms with Crippen LogP contribution in [0.4, 0.5) is 0 Å². The molecule has 0 N–H and O–H groups in total. The average molecular weight is 1410 g/mol. The zero-order valence-corrected chi connectivity index (χ0v) is 66.0. The summed E-state index contributed by atoms with van der Waals surface area (Å²) < 4.78 is 3.84. The van der Waals surface area contributed by atoms with Crippen LogP contribution in [0.25, 0.3) is 22.3 Å². The largest absolute Gasteiger partial charge is 1.00 e. The molecule has 0 nitrogen and oxygen atoms in total. The van der Waals surface area contributed by atoms with E-state index in [0.29, 0.717) is 0 Å². The standard InChI is InChI=1S/2C21H25.2C17H30.2C5H5.2ClH.2Zr/c2*1-20(2,3)16-9-7-14-11-15-8-10-17(21(4,5)6)13-19(15)18(14)12-16;2*1-14(16-9-5-3-6-10-16)13-15(2)17-11-7-4-8-12-17;2*1-2-4-5-3-1;;;;/h2*7,9-10,12-13H,11H2,1-6H3;2*14-17H,3-12H2,1-2H3;2*1-3H,4H2;2*1H;;/q2*-1;;;2*-1;;;2*+2/p-2. The maximum atomic E-state index is 3.53. The van der Waals surface area contributed by atoms with Gasteiger partial charge in [-0.25, -0.2) is 24.3 Å². The predicted octanol–water partition coefficient (Wildman–Crippen LogP) is 18.2. The van der Waals surface area contributed by atoms with Crippen molar-refractivity contribution in [3.63, 3.8) is 0 Å². The van der Waals surface area contributed by atoms with Crippen LogP contribution < -0.4 is 24.8 Å². The fraction of sp³-hybridized carbons (Fsp3) is 0.605. The summed E-state index contributed by atoms with van der Waals surface area (Å²) in [6.45, 7) is 37.5. The molecule has 0 heterocycles. The minimum atomic E-state index is 0. The van der Waals surface area contributed by atoms with E-state index in [-0.39, 0.29) is 46.5 Å². The first kappa shape index (κ1) is 78.6. The molecular formula is C86H120Cl2Zr2-2. The van der Waals surface area contributed by atoms with Crippen molar-refractivity contribution >= 4 is 6.41 Å². The Kier molecular flexibility index (Phi) is 32.2. The summed E-state index contributed by atoms with van der Waals surface area (Å²) in [5, 5.41) is 0. The molecule has 8 aliphatic rings. The molecule has 0 amide bonds. The van der Waals surface area contributed by atoms with Crippen molar-refractivity contribution in [3.05, 3.63) is 166 Å². The molecule has 90 heavy (non-hydrogen) atoms. The van der Waals surface area contributed by atoms with E-state index < -0.39 is 0 Å². The van der Waals surface area contributed by atoms with Crippen LogP contribution in [-0.4, -0.2) is 6.41 Å². The van der Waals surface area contributed by atoms with E-state index in [9.17, 15) is 0 Å². The summed E-state index contributed by atoms with van der Waals surface area (Å²) in [6, 6.07) is 30.1. The molecule has 488 valence electrons. The Bertz CT molecular complexity index is 2580. The van der Waals surface area contributed by atoms with Gasteiger partial charge < -0.3 is 24.8 Å². The number of hydrogen-bond donors (Lipinski definition) is 0. The van der Waals surface area contributed by atoms with E-state index in [1.165, 1.54) is 195 Å². The van der Waals surface area contributed by atoms with E-state index in [4.69, 9.17) is 0 Å². The van der Waals surface area contributed by atoms with Gasteiger partial charge in [0, 0.05) is 0 Å². The predicted molar refractivity (Wildman–Crippen MR) is 378 cm³/mol. The summed E-state index contributed by atoms with van der Waals surface area (Å²) in [6.07, 6.45) is 52.1. The first-order valence-corrected chi connectivity index (χ1v) is 38.2. The van der Waals surface area contributed by atoms with Gasteiger partial charge in [0.25, 0.3) is 0 Å². The molecule has 8 aliphatic carbocycles. The van der Waals surface area contributed by atoms with Gasteiger partial charge in [-0.2, -0.15) is 70.8 Å². The van der Waals surface area contributed by atoms with Crippen molar-refractivity contribution in [1.82, 2.24) is 0 Å². The van der Waals surface area contributed by atoms with Crippen LogP contribution in [-0.2, 0) is 83.0 Å². The van der Waals surface area contributed by atoms with Gasteiger partial charge in [-0.05, 0) is 34.8 Å². The van der Waals surface area contributed by atoms with Crippen LogP contribution in [0.1, 0.15) is 297 Å². The molecule has 4 atom stereocenters. The molecule has 0 aliphatic heterocycles. The maximum Gasteiger partial charge on any atom is -0.109 e. The molecule has 4 heteroatoms. The Morgan fingerprint density at radius 1 is 0.378 bits per heavy atom. The number of allylic oxidation sites excluding steroid dienone is 8. The molecule has 0 bridgehead atoms. The molecule has 4 unspecified atom stereocenters. The Hall–Kier alpha value is -2.07. The third-order valence-corrected chi connectivity index (χ3v) is 26.1. The van der Waals surface area contributed by atoms with Crippen LogP contribution in [0.3, 0.4) is 0 Å². The van der Waals surface area contributed by atoms with Crippen molar-refractivity contribution in [2.75, 3.05) is 0 Å². The molecule has 4 aromatic carbocycles. The number of benzene rings is 4. The minimum Gasteiger partial charge on any atom is -1.00 e. The number of rotatable bonds is 8. The quantitative estimate of drug-likeness (QED) is 0.133. The normalized spacial score (nSPS) is 19.2. The summed E-state index contributed by atoms with van der Waals surface area (Å²) in [5.41, 5.74) is 17.5. The Labute approximate surface area is 596 Å². The van der Waals surface area contributed by atoms with E-state index in [1.807, 2.05) is 30.7 Å². The monoisotopic (exact) mass is 1400 g/mol. The van der Waals surface area contributed by atoms with Crippen molar-refractivity contribution in [2.24, 2.45) is 47.3 Å². The van der Waals surface area contributed by atoms with Crippen molar-refractivity contribution in [3.8, 4) is 22.3 Å². The molecule has 0 radical (unpaired) electrons. The van der Waals surface area contributed by atoms with Crippen LogP contribution >= 0.6 is 0 Å². The average Bonchev–Trinajstić information content (AvgIpc) is 1.76. The van der Waals surface area contributed by atoms with Crippen LogP contribution in [0.2, 0.25) is 0 Å². The van der Waals surface area contributed by atoms with Gasteiger partial charge in [-0.3, -0.25) is 12.2 Å². The van der Waals surface area contributed by atoms with Crippen molar-refractivity contribution < 1.29 is 73.3 Å². The third-order valence-electron chi connectivity index (χ3n) is 21.6. The molecule has 0 saturated heterocycles. The first-order chi connectivity index (χ1) is 41.7. The Morgan fingerprint density at radius 2 is 0.644 bits per heavy atom. The van der Waals surface area contributed by atoms with Gasteiger partial charge >= 0.3 is 258 Å². The van der Waals surface area contributed by atoms with Gasteiger partial charge in [0.05, 0.1) is 0 Å². The van der Waals surface area contributed by atoms with Gasteiger partial charge in [-0.15, -0.1) is 24.0 Å². The minimum absolute atomic E-state index is 0. The maximum absolute atomic E-state index is 3.53. The first-order valence-electron chi connectivity index (χ1n) is 35.7. The van der Waals surface area contributed by atoms with E-state index in [1.54, 1.807) is 48.5 Å². The second kappa shape index (κ2) is 36.9. The Balaban J connectivity index is 0.000000206. The second-order valence-electron chi connectivity index (χ2n) is 32.3. The second-order valence-corrected chi connectivity index (χ2v) is 35.2. The third kappa shape index (κ3) is 23.1. The summed E-state index contributed by atoms with van der Waals surface area (Å²) in [5.74, 6) is 7.78. The number of fused-ring (bicyclic) bond motifs is 6. The van der Waals surface area contributed by atoms with E-state index in [2.05, 4.69) is 208 Å². The van der Waals surface area contributed by atoms with Gasteiger partial charge in [0.2, 0.25) is 0 Å². The Morgan fingerprint density at radius 3 is 0.867 bits per heavy atom. The molecule has 4 aromatic rings. The fourth-order valence-electron chi connectivity index (χ4n) is 15.0. The van der Waals surface area contributed by atoms with Gasteiger partial charge in [0.1, 0.15) is 0 Å². The zero-order valence-electron chi connectivity index (χ0n) is 59.6. The van der Waals surface area contributed by atoms with E-state index >= 15 is 0 Å². The SMILES string of the molecule is CC(C)(C)c1c[c-]c2c(c1)-c1cc(C(C)(C)C)ccc1C2.CC(C)(C)c1c[c-]c2c(c1)-c1cc(C(C)(C)C)ccc1C2.CC([C](=[Zr+2])C(C)C1CCCCC1)C1CCCCC1.CC([C](=[Zr+2])C(C)C1CCCCC1)C1CCCCC1.[C-]1=CC=CC1.[C-]1=CC=CC1.[Cl-].[Cl-]. The van der Waals surface area contributed by atoms with Crippen LogP contribution in [0, 0.1) is 71.6 Å². The van der Waals surface area contributed by atoms with Crippen LogP contribution in [0.5, 0.6) is 0 Å². The summed E-state index contributed by atoms with van der Waals surface area (Å²) >= 11 is 3.48. The number of halogens is 2. The molecule has 0 aromatic heterocycles.